The largest absolute Gasteiger partial charge is 0.493 e. The molecule has 4 nitrogen and oxygen atoms in total. The van der Waals surface area contributed by atoms with Gasteiger partial charge in [0, 0.05) is 28.9 Å². The fourth-order valence-electron chi connectivity index (χ4n) is 3.11. The van der Waals surface area contributed by atoms with E-state index < -0.39 is 0 Å². The molecule has 1 aromatic heterocycles. The van der Waals surface area contributed by atoms with Crippen LogP contribution in [0, 0.1) is 6.92 Å². The van der Waals surface area contributed by atoms with Crippen LogP contribution in [0.25, 0.3) is 10.9 Å². The van der Waals surface area contributed by atoms with Crippen LogP contribution in [0.3, 0.4) is 0 Å². The summed E-state index contributed by atoms with van der Waals surface area (Å²) in [5, 5.41) is 1.00. The average molecular weight is 285 g/mol. The lowest BCUT2D eigenvalue weighted by atomic mass is 10.1. The van der Waals surface area contributed by atoms with Gasteiger partial charge in [0.05, 0.1) is 12.1 Å². The first-order valence-corrected chi connectivity index (χ1v) is 7.63. The zero-order valence-electron chi connectivity index (χ0n) is 12.8. The van der Waals surface area contributed by atoms with Gasteiger partial charge in [0.1, 0.15) is 5.75 Å². The number of aromatic nitrogens is 1. The maximum atomic E-state index is 6.04. The Morgan fingerprint density at radius 1 is 1.38 bits per heavy atom. The number of hydrogen-bond donors (Lipinski definition) is 1. The minimum Gasteiger partial charge on any atom is -0.493 e. The third-order valence-electron chi connectivity index (χ3n) is 4.30. The van der Waals surface area contributed by atoms with Gasteiger partial charge in [-0.25, -0.2) is 0 Å². The molecule has 1 saturated heterocycles. The molecule has 1 aromatic carbocycles. The van der Waals surface area contributed by atoms with E-state index in [0.29, 0.717) is 6.04 Å². The zero-order chi connectivity index (χ0) is 14.8. The second-order valence-corrected chi connectivity index (χ2v) is 5.95. The van der Waals surface area contributed by atoms with E-state index >= 15 is 0 Å². The highest BCUT2D eigenvalue weighted by Crippen LogP contribution is 2.28. The van der Waals surface area contributed by atoms with Crippen molar-refractivity contribution < 1.29 is 4.74 Å². The zero-order valence-corrected chi connectivity index (χ0v) is 12.8. The van der Waals surface area contributed by atoms with Gasteiger partial charge in [-0.1, -0.05) is 0 Å². The first-order valence-electron chi connectivity index (χ1n) is 7.63. The summed E-state index contributed by atoms with van der Waals surface area (Å²) in [5.74, 6) is 0.894. The van der Waals surface area contributed by atoms with Crippen molar-refractivity contribution in [3.63, 3.8) is 0 Å². The van der Waals surface area contributed by atoms with Gasteiger partial charge >= 0.3 is 0 Å². The molecule has 0 bridgehead atoms. The fraction of sp³-hybridized carbons (Fsp3) is 0.471. The number of fused-ring (bicyclic) bond motifs is 1. The van der Waals surface area contributed by atoms with Crippen LogP contribution in [-0.2, 0) is 0 Å². The number of benzene rings is 1. The lowest BCUT2D eigenvalue weighted by Crippen LogP contribution is -2.26. The maximum Gasteiger partial charge on any atom is 0.130 e. The standard InChI is InChI=1S/C17H23N3O/c1-12-10-17(15-11-13(18)5-6-16(15)19-12)21-9-7-14-4-3-8-20(14)2/h5-6,10-11,14H,3-4,7-9,18H2,1-2H3. The molecule has 2 heterocycles. The average Bonchev–Trinajstić information content (AvgIpc) is 2.85. The normalized spacial score (nSPS) is 19.2. The van der Waals surface area contributed by atoms with Gasteiger partial charge < -0.3 is 15.4 Å². The Labute approximate surface area is 125 Å². The lowest BCUT2D eigenvalue weighted by molar-refractivity contribution is 0.234. The van der Waals surface area contributed by atoms with Crippen LogP contribution in [0.5, 0.6) is 5.75 Å². The summed E-state index contributed by atoms with van der Waals surface area (Å²) in [5.41, 5.74) is 8.55. The van der Waals surface area contributed by atoms with E-state index in [-0.39, 0.29) is 0 Å². The Kier molecular flexibility index (Phi) is 3.97. The highest BCUT2D eigenvalue weighted by Gasteiger charge is 2.20. The number of likely N-dealkylation sites (tertiary alicyclic amines) is 1. The number of nitrogens with zero attached hydrogens (tertiary/aromatic N) is 2. The van der Waals surface area contributed by atoms with Gasteiger partial charge in [-0.3, -0.25) is 4.98 Å². The van der Waals surface area contributed by atoms with Crippen LogP contribution in [-0.4, -0.2) is 36.1 Å². The quantitative estimate of drug-likeness (QED) is 0.877. The number of nitrogens with two attached hydrogens (primary N) is 1. The molecule has 21 heavy (non-hydrogen) atoms. The molecular formula is C17H23N3O. The van der Waals surface area contributed by atoms with E-state index in [1.807, 2.05) is 31.2 Å². The summed E-state index contributed by atoms with van der Waals surface area (Å²) >= 11 is 0. The Morgan fingerprint density at radius 2 is 2.24 bits per heavy atom. The predicted octanol–water partition coefficient (Wildman–Crippen LogP) is 2.99. The van der Waals surface area contributed by atoms with Gasteiger partial charge in [-0.2, -0.15) is 0 Å². The van der Waals surface area contributed by atoms with Crippen LogP contribution in [0.2, 0.25) is 0 Å². The fourth-order valence-corrected chi connectivity index (χ4v) is 3.11. The molecule has 0 aliphatic carbocycles. The molecule has 3 rings (SSSR count). The molecule has 1 aliphatic heterocycles. The van der Waals surface area contributed by atoms with Crippen LogP contribution >= 0.6 is 0 Å². The first-order chi connectivity index (χ1) is 10.1. The van der Waals surface area contributed by atoms with Gasteiger partial charge in [0.2, 0.25) is 0 Å². The van der Waals surface area contributed by atoms with Gasteiger partial charge in [0.15, 0.2) is 0 Å². The van der Waals surface area contributed by atoms with Gasteiger partial charge in [0.25, 0.3) is 0 Å². The summed E-state index contributed by atoms with van der Waals surface area (Å²) < 4.78 is 6.04. The number of pyridine rings is 1. The molecule has 2 aromatic rings. The molecule has 4 heteroatoms. The van der Waals surface area contributed by atoms with E-state index in [1.165, 1.54) is 19.4 Å². The molecule has 112 valence electrons. The number of ether oxygens (including phenoxy) is 1. The van der Waals surface area contributed by atoms with E-state index in [9.17, 15) is 0 Å². The number of aryl methyl sites for hydroxylation is 1. The molecule has 0 spiro atoms. The monoisotopic (exact) mass is 285 g/mol. The van der Waals surface area contributed by atoms with Crippen LogP contribution in [0.1, 0.15) is 25.0 Å². The smallest absolute Gasteiger partial charge is 0.130 e. The molecule has 1 atom stereocenters. The Bertz CT molecular complexity index is 641. The molecule has 0 amide bonds. The highest BCUT2D eigenvalue weighted by molar-refractivity contribution is 5.87. The molecule has 1 aliphatic rings. The SMILES string of the molecule is Cc1cc(OCCC2CCCN2C)c2cc(N)ccc2n1. The third-order valence-corrected chi connectivity index (χ3v) is 4.30. The number of anilines is 1. The summed E-state index contributed by atoms with van der Waals surface area (Å²) in [7, 11) is 2.20. The summed E-state index contributed by atoms with van der Waals surface area (Å²) in [4.78, 5) is 6.96. The van der Waals surface area contributed by atoms with Gasteiger partial charge in [-0.05, 0) is 58.0 Å². The lowest BCUT2D eigenvalue weighted by Gasteiger charge is -2.19. The van der Waals surface area contributed by atoms with Crippen LogP contribution in [0.15, 0.2) is 24.3 Å². The first kappa shape index (κ1) is 14.1. The van der Waals surface area contributed by atoms with Crippen molar-refractivity contribution in [2.24, 2.45) is 0 Å². The van der Waals surface area contributed by atoms with Crippen molar-refractivity contribution in [3.05, 3.63) is 30.0 Å². The van der Waals surface area contributed by atoms with Crippen molar-refractivity contribution in [2.45, 2.75) is 32.2 Å². The van der Waals surface area contributed by atoms with E-state index in [1.54, 1.807) is 0 Å². The van der Waals surface area contributed by atoms with Crippen LogP contribution in [0.4, 0.5) is 5.69 Å². The van der Waals surface area contributed by atoms with Crippen molar-refractivity contribution in [2.75, 3.05) is 25.9 Å². The number of rotatable bonds is 4. The molecule has 1 fully saturated rings. The molecule has 0 radical (unpaired) electrons. The number of nitrogen functional groups attached to an aromatic ring is 1. The summed E-state index contributed by atoms with van der Waals surface area (Å²) in [6.45, 7) is 3.94. The molecule has 2 N–H and O–H groups in total. The Hall–Kier alpha value is -1.81. The second-order valence-electron chi connectivity index (χ2n) is 5.95. The van der Waals surface area contributed by atoms with Crippen LogP contribution < -0.4 is 10.5 Å². The molecule has 1 unspecified atom stereocenters. The van der Waals surface area contributed by atoms with Crippen molar-refractivity contribution in [1.82, 2.24) is 9.88 Å². The van der Waals surface area contributed by atoms with Crippen molar-refractivity contribution in [1.29, 1.82) is 0 Å². The summed E-state index contributed by atoms with van der Waals surface area (Å²) in [6, 6.07) is 8.43. The second kappa shape index (κ2) is 5.90. The Balaban J connectivity index is 1.75. The predicted molar refractivity (Wildman–Crippen MR) is 86.7 cm³/mol. The molecular weight excluding hydrogens is 262 g/mol. The van der Waals surface area contributed by atoms with Crippen molar-refractivity contribution in [3.8, 4) is 5.75 Å². The van der Waals surface area contributed by atoms with Gasteiger partial charge in [-0.15, -0.1) is 0 Å². The number of hydrogen-bond acceptors (Lipinski definition) is 4. The maximum absolute atomic E-state index is 6.04. The van der Waals surface area contributed by atoms with E-state index in [4.69, 9.17) is 10.5 Å². The molecule has 0 saturated carbocycles. The topological polar surface area (TPSA) is 51.4 Å². The minimum absolute atomic E-state index is 0.657. The Morgan fingerprint density at radius 3 is 3.00 bits per heavy atom. The van der Waals surface area contributed by atoms with Crippen molar-refractivity contribution >= 4 is 16.6 Å². The van der Waals surface area contributed by atoms with E-state index in [2.05, 4.69) is 16.9 Å². The van der Waals surface area contributed by atoms with E-state index in [0.717, 1.165) is 41.1 Å². The third kappa shape index (κ3) is 3.10. The minimum atomic E-state index is 0.657. The highest BCUT2D eigenvalue weighted by atomic mass is 16.5. The summed E-state index contributed by atoms with van der Waals surface area (Å²) in [6.07, 6.45) is 3.65.